The van der Waals surface area contributed by atoms with E-state index in [1.807, 2.05) is 12.1 Å². The van der Waals surface area contributed by atoms with Crippen LogP contribution in [0.25, 0.3) is 0 Å². The van der Waals surface area contributed by atoms with E-state index in [4.69, 9.17) is 0 Å². The zero-order valence-corrected chi connectivity index (χ0v) is 16.3. The molecule has 27 heavy (non-hydrogen) atoms. The van der Waals surface area contributed by atoms with E-state index < -0.39 is 26.0 Å². The van der Waals surface area contributed by atoms with Gasteiger partial charge in [-0.1, -0.05) is 24.3 Å². The van der Waals surface area contributed by atoms with Crippen molar-refractivity contribution in [2.24, 2.45) is 0 Å². The fourth-order valence-corrected chi connectivity index (χ4v) is 6.74. The van der Waals surface area contributed by atoms with Crippen molar-refractivity contribution in [2.45, 2.75) is 24.7 Å². The van der Waals surface area contributed by atoms with Crippen molar-refractivity contribution in [2.75, 3.05) is 20.9 Å². The highest BCUT2D eigenvalue weighted by molar-refractivity contribution is 7.94. The Morgan fingerprint density at radius 3 is 2.48 bits per heavy atom. The number of hydrogen-bond acceptors (Lipinski definition) is 5. The lowest BCUT2D eigenvalue weighted by molar-refractivity contribution is -0.116. The molecule has 0 aromatic heterocycles. The normalized spacial score (nSPS) is 18.8. The molecule has 0 bridgehead atoms. The van der Waals surface area contributed by atoms with Crippen LogP contribution >= 0.6 is 0 Å². The first-order valence-corrected chi connectivity index (χ1v) is 11.5. The first kappa shape index (κ1) is 18.0. The molecule has 4 rings (SSSR count). The molecule has 1 amide bonds. The summed E-state index contributed by atoms with van der Waals surface area (Å²) in [5, 5.41) is 0. The molecule has 2 aromatic carbocycles. The number of anilines is 2. The number of aryl methyl sites for hydroxylation is 1. The molecular formula is C18H18N2O5S2. The van der Waals surface area contributed by atoms with Crippen molar-refractivity contribution in [3.8, 4) is 0 Å². The van der Waals surface area contributed by atoms with Gasteiger partial charge in [0.2, 0.25) is 15.9 Å². The van der Waals surface area contributed by atoms with Gasteiger partial charge in [0.1, 0.15) is 0 Å². The van der Waals surface area contributed by atoms with Crippen LogP contribution < -0.4 is 8.61 Å². The molecule has 0 N–H and O–H groups in total. The number of carbonyl (C=O) groups excluding carboxylic acids is 1. The Morgan fingerprint density at radius 1 is 1.04 bits per heavy atom. The molecule has 0 saturated carbocycles. The van der Waals surface area contributed by atoms with Crippen LogP contribution in [0.5, 0.6) is 0 Å². The Morgan fingerprint density at radius 2 is 1.78 bits per heavy atom. The van der Waals surface area contributed by atoms with Crippen LogP contribution in [0.1, 0.15) is 17.5 Å². The molecule has 1 saturated heterocycles. The van der Waals surface area contributed by atoms with Crippen LogP contribution in [0, 0.1) is 6.92 Å². The molecule has 2 aliphatic rings. The second kappa shape index (κ2) is 6.07. The Kier molecular flexibility index (Phi) is 4.04. The lowest BCUT2D eigenvalue weighted by Gasteiger charge is -2.22. The molecule has 2 aliphatic heterocycles. The molecule has 7 nitrogen and oxygen atoms in total. The summed E-state index contributed by atoms with van der Waals surface area (Å²) in [6, 6.07) is 11.6. The Labute approximate surface area is 158 Å². The summed E-state index contributed by atoms with van der Waals surface area (Å²) in [6.45, 7) is 1.98. The standard InChI is InChI=1S/C18H18N2O5S2/c1-13-6-7-15(20-18(21)9-11-26(20,22)23)12-17(13)27(24,25)19-10-8-14-4-2-3-5-16(14)19/h2-7,12H,8-11H2,1H3. The SMILES string of the molecule is Cc1ccc(N2C(=O)CCS2(=O)=O)cc1S(=O)(=O)N1CCc2ccccc21. The van der Waals surface area contributed by atoms with Gasteiger partial charge in [0.25, 0.3) is 10.0 Å². The third-order valence-electron chi connectivity index (χ3n) is 4.90. The third-order valence-corrected chi connectivity index (χ3v) is 8.54. The molecular weight excluding hydrogens is 388 g/mol. The lowest BCUT2D eigenvalue weighted by atomic mass is 10.2. The van der Waals surface area contributed by atoms with E-state index in [0.717, 1.165) is 5.56 Å². The summed E-state index contributed by atoms with van der Waals surface area (Å²) in [7, 11) is -7.65. The second-order valence-electron chi connectivity index (χ2n) is 6.63. The first-order chi connectivity index (χ1) is 12.7. The molecule has 142 valence electrons. The molecule has 0 spiro atoms. The average Bonchev–Trinajstić information content (AvgIpc) is 3.17. The highest BCUT2D eigenvalue weighted by Crippen LogP contribution is 2.35. The third kappa shape index (κ3) is 2.81. The topological polar surface area (TPSA) is 91.8 Å². The van der Waals surface area contributed by atoms with Crippen molar-refractivity contribution < 1.29 is 21.6 Å². The van der Waals surface area contributed by atoms with Crippen LogP contribution in [0.4, 0.5) is 11.4 Å². The molecule has 0 atom stereocenters. The predicted molar refractivity (Wildman–Crippen MR) is 102 cm³/mol. The summed E-state index contributed by atoms with van der Waals surface area (Å²) in [5.74, 6) is -0.810. The van der Waals surface area contributed by atoms with Crippen LogP contribution in [-0.2, 0) is 31.3 Å². The average molecular weight is 406 g/mol. The summed E-state index contributed by atoms with van der Waals surface area (Å²) >= 11 is 0. The fourth-order valence-electron chi connectivity index (χ4n) is 3.54. The van der Waals surface area contributed by atoms with Crippen LogP contribution in [0.2, 0.25) is 0 Å². The summed E-state index contributed by atoms with van der Waals surface area (Å²) < 4.78 is 53.0. The summed E-state index contributed by atoms with van der Waals surface area (Å²) in [6.07, 6.45) is 0.519. The van der Waals surface area contributed by atoms with Crippen molar-refractivity contribution in [3.63, 3.8) is 0 Å². The largest absolute Gasteiger partial charge is 0.273 e. The number of benzene rings is 2. The Bertz CT molecular complexity index is 1160. The van der Waals surface area contributed by atoms with E-state index in [1.165, 1.54) is 22.5 Å². The molecule has 9 heteroatoms. The fraction of sp³-hybridized carbons (Fsp3) is 0.278. The van der Waals surface area contributed by atoms with Gasteiger partial charge in [-0.3, -0.25) is 9.10 Å². The zero-order valence-electron chi connectivity index (χ0n) is 14.6. The van der Waals surface area contributed by atoms with Crippen molar-refractivity contribution in [1.82, 2.24) is 0 Å². The maximum absolute atomic E-state index is 13.3. The van der Waals surface area contributed by atoms with Gasteiger partial charge in [-0.15, -0.1) is 0 Å². The van der Waals surface area contributed by atoms with Crippen LogP contribution in [0.3, 0.4) is 0 Å². The monoisotopic (exact) mass is 406 g/mol. The number of para-hydroxylation sites is 1. The van der Waals surface area contributed by atoms with Crippen LogP contribution in [-0.4, -0.2) is 35.0 Å². The maximum atomic E-state index is 13.3. The number of amides is 1. The number of fused-ring (bicyclic) bond motifs is 1. The number of sulfonamides is 2. The van der Waals surface area contributed by atoms with Gasteiger partial charge in [0.05, 0.1) is 22.0 Å². The highest BCUT2D eigenvalue weighted by Gasteiger charge is 2.38. The Hall–Kier alpha value is -2.39. The smallest absolute Gasteiger partial charge is 0.264 e. The minimum absolute atomic E-state index is 0.00611. The van der Waals surface area contributed by atoms with Gasteiger partial charge >= 0.3 is 0 Å². The van der Waals surface area contributed by atoms with Crippen molar-refractivity contribution in [3.05, 3.63) is 53.6 Å². The van der Waals surface area contributed by atoms with Gasteiger partial charge in [-0.2, -0.15) is 0 Å². The highest BCUT2D eigenvalue weighted by atomic mass is 32.2. The molecule has 1 fully saturated rings. The molecule has 2 heterocycles. The molecule has 2 aromatic rings. The second-order valence-corrected chi connectivity index (χ2v) is 10.4. The van der Waals surface area contributed by atoms with E-state index in [1.54, 1.807) is 19.1 Å². The maximum Gasteiger partial charge on any atom is 0.264 e. The quantitative estimate of drug-likeness (QED) is 0.775. The number of hydrogen-bond donors (Lipinski definition) is 0. The minimum atomic E-state index is -3.89. The number of carbonyl (C=O) groups is 1. The van der Waals surface area contributed by atoms with Gasteiger partial charge in [0, 0.05) is 13.0 Å². The zero-order chi connectivity index (χ0) is 19.4. The number of nitrogens with zero attached hydrogens (tertiary/aromatic N) is 2. The molecule has 0 unspecified atom stereocenters. The number of rotatable bonds is 3. The van der Waals surface area contributed by atoms with E-state index in [2.05, 4.69) is 0 Å². The summed E-state index contributed by atoms with van der Waals surface area (Å²) in [5.41, 5.74) is 2.14. The van der Waals surface area contributed by atoms with Gasteiger partial charge < -0.3 is 0 Å². The Balaban J connectivity index is 1.82. The molecule has 0 aliphatic carbocycles. The van der Waals surface area contributed by atoms with E-state index >= 15 is 0 Å². The van der Waals surface area contributed by atoms with Crippen LogP contribution in [0.15, 0.2) is 47.4 Å². The van der Waals surface area contributed by atoms with Gasteiger partial charge in [-0.25, -0.2) is 21.1 Å². The minimum Gasteiger partial charge on any atom is -0.273 e. The molecule has 0 radical (unpaired) electrons. The van der Waals surface area contributed by atoms with Gasteiger partial charge in [0.15, 0.2) is 0 Å². The summed E-state index contributed by atoms with van der Waals surface area (Å²) in [4.78, 5) is 12.0. The van der Waals surface area contributed by atoms with E-state index in [-0.39, 0.29) is 22.8 Å². The van der Waals surface area contributed by atoms with E-state index in [9.17, 15) is 21.6 Å². The first-order valence-electron chi connectivity index (χ1n) is 8.49. The predicted octanol–water partition coefficient (Wildman–Crippen LogP) is 1.81. The van der Waals surface area contributed by atoms with Crippen molar-refractivity contribution in [1.29, 1.82) is 0 Å². The lowest BCUT2D eigenvalue weighted by Crippen LogP contribution is -2.31. The van der Waals surface area contributed by atoms with Crippen molar-refractivity contribution >= 4 is 37.3 Å². The van der Waals surface area contributed by atoms with Gasteiger partial charge in [-0.05, 0) is 42.7 Å². The van der Waals surface area contributed by atoms with E-state index in [0.29, 0.717) is 28.5 Å².